The third-order valence-electron chi connectivity index (χ3n) is 4.74. The second-order valence-corrected chi connectivity index (χ2v) is 8.48. The average Bonchev–Trinajstić information content (AvgIpc) is 2.78. The van der Waals surface area contributed by atoms with Crippen LogP contribution in [0.2, 0.25) is 0 Å². The molecule has 5 nitrogen and oxygen atoms in total. The number of nitrogens with one attached hydrogen (secondary N) is 2. The second-order valence-electron chi connectivity index (χ2n) is 7.52. The zero-order valence-electron chi connectivity index (χ0n) is 18.0. The van der Waals surface area contributed by atoms with Gasteiger partial charge in [-0.2, -0.15) is 0 Å². The van der Waals surface area contributed by atoms with Gasteiger partial charge in [0, 0.05) is 29.5 Å². The van der Waals surface area contributed by atoms with Crippen LogP contribution >= 0.6 is 11.8 Å². The number of carbonyl (C=O) groups excluding carboxylic acids is 1. The smallest absolute Gasteiger partial charge is 0.258 e. The summed E-state index contributed by atoms with van der Waals surface area (Å²) in [6.07, 6.45) is 3.50. The standard InChI is InChI=1S/C26H24N4OS/c1-18-13-19(2)15-22(14-18)30-25(31)23-9-6-11-28-26(23)32-17-20-10-12-27-24(16-20)29-21-7-4-3-5-8-21/h3-16H,17H2,1-2H3,(H,27,29)(H,30,31). The first-order valence-electron chi connectivity index (χ1n) is 10.3. The lowest BCUT2D eigenvalue weighted by atomic mass is 10.1. The van der Waals surface area contributed by atoms with E-state index in [2.05, 4.69) is 26.7 Å². The molecule has 2 aromatic carbocycles. The quantitative estimate of drug-likeness (QED) is 0.326. The maximum Gasteiger partial charge on any atom is 0.258 e. The summed E-state index contributed by atoms with van der Waals surface area (Å²) in [4.78, 5) is 21.8. The molecule has 2 N–H and O–H groups in total. The van der Waals surface area contributed by atoms with Gasteiger partial charge in [0.05, 0.1) is 5.56 Å². The molecular weight excluding hydrogens is 416 g/mol. The Bertz CT molecular complexity index is 1210. The molecule has 0 aliphatic heterocycles. The number of hydrogen-bond donors (Lipinski definition) is 2. The summed E-state index contributed by atoms with van der Waals surface area (Å²) in [7, 11) is 0. The van der Waals surface area contributed by atoms with Crippen LogP contribution in [0.1, 0.15) is 27.0 Å². The van der Waals surface area contributed by atoms with Crippen LogP contribution in [0.25, 0.3) is 0 Å². The minimum Gasteiger partial charge on any atom is -0.340 e. The molecule has 2 heterocycles. The van der Waals surface area contributed by atoms with Gasteiger partial charge in [0.15, 0.2) is 0 Å². The maximum atomic E-state index is 12.9. The van der Waals surface area contributed by atoms with Crippen LogP contribution in [0.15, 0.2) is 90.2 Å². The van der Waals surface area contributed by atoms with Crippen molar-refractivity contribution >= 4 is 34.9 Å². The summed E-state index contributed by atoms with van der Waals surface area (Å²) in [6.45, 7) is 4.03. The lowest BCUT2D eigenvalue weighted by molar-refractivity contribution is 0.102. The first kappa shape index (κ1) is 21.6. The monoisotopic (exact) mass is 440 g/mol. The maximum absolute atomic E-state index is 12.9. The SMILES string of the molecule is Cc1cc(C)cc(NC(=O)c2cccnc2SCc2ccnc(Nc3ccccc3)c2)c1. The Morgan fingerprint density at radius 2 is 1.62 bits per heavy atom. The number of pyridine rings is 2. The third-order valence-corrected chi connectivity index (χ3v) is 5.82. The number of thioether (sulfide) groups is 1. The molecule has 2 aromatic heterocycles. The Kier molecular flexibility index (Phi) is 6.82. The molecule has 1 amide bonds. The minimum absolute atomic E-state index is 0.160. The number of para-hydroxylation sites is 1. The molecule has 0 aliphatic rings. The molecule has 0 atom stereocenters. The number of aryl methyl sites for hydroxylation is 2. The van der Waals surface area contributed by atoms with E-state index in [-0.39, 0.29) is 5.91 Å². The highest BCUT2D eigenvalue weighted by Gasteiger charge is 2.14. The molecule has 0 saturated heterocycles. The summed E-state index contributed by atoms with van der Waals surface area (Å²) in [5.74, 6) is 1.29. The Morgan fingerprint density at radius 1 is 0.844 bits per heavy atom. The Balaban J connectivity index is 1.45. The van der Waals surface area contributed by atoms with Crippen LogP contribution in [0.4, 0.5) is 17.2 Å². The number of anilines is 3. The number of aromatic nitrogens is 2. The fourth-order valence-electron chi connectivity index (χ4n) is 3.38. The van der Waals surface area contributed by atoms with Crippen LogP contribution in [0.3, 0.4) is 0 Å². The molecule has 6 heteroatoms. The first-order valence-corrected chi connectivity index (χ1v) is 11.3. The van der Waals surface area contributed by atoms with E-state index < -0.39 is 0 Å². The summed E-state index contributed by atoms with van der Waals surface area (Å²) in [5, 5.41) is 7.01. The molecule has 0 bridgehead atoms. The van der Waals surface area contributed by atoms with Crippen molar-refractivity contribution in [3.8, 4) is 0 Å². The van der Waals surface area contributed by atoms with Crippen molar-refractivity contribution < 1.29 is 4.79 Å². The molecule has 32 heavy (non-hydrogen) atoms. The predicted octanol–water partition coefficient (Wildman–Crippen LogP) is 6.38. The van der Waals surface area contributed by atoms with E-state index in [1.165, 1.54) is 11.8 Å². The van der Waals surface area contributed by atoms with E-state index in [0.29, 0.717) is 16.3 Å². The molecule has 160 valence electrons. The highest BCUT2D eigenvalue weighted by Crippen LogP contribution is 2.26. The first-order chi connectivity index (χ1) is 15.6. The molecule has 0 spiro atoms. The third kappa shape index (κ3) is 5.74. The highest BCUT2D eigenvalue weighted by molar-refractivity contribution is 7.98. The van der Waals surface area contributed by atoms with Gasteiger partial charge >= 0.3 is 0 Å². The molecular formula is C26H24N4OS. The largest absolute Gasteiger partial charge is 0.340 e. The molecule has 4 aromatic rings. The van der Waals surface area contributed by atoms with Gasteiger partial charge in [0.2, 0.25) is 0 Å². The molecule has 0 aliphatic carbocycles. The molecule has 0 radical (unpaired) electrons. The van der Waals surface area contributed by atoms with E-state index in [4.69, 9.17) is 0 Å². The van der Waals surface area contributed by atoms with Crippen molar-refractivity contribution in [2.75, 3.05) is 10.6 Å². The molecule has 0 fully saturated rings. The number of benzene rings is 2. The van der Waals surface area contributed by atoms with Crippen molar-refractivity contribution in [1.82, 2.24) is 9.97 Å². The summed E-state index contributed by atoms with van der Waals surface area (Å²) in [6, 6.07) is 23.5. The van der Waals surface area contributed by atoms with E-state index in [9.17, 15) is 4.79 Å². The Hall–Kier alpha value is -3.64. The van der Waals surface area contributed by atoms with Crippen LogP contribution in [0.5, 0.6) is 0 Å². The Labute approximate surface area is 192 Å². The van der Waals surface area contributed by atoms with E-state index >= 15 is 0 Å². The Morgan fingerprint density at radius 3 is 2.41 bits per heavy atom. The zero-order chi connectivity index (χ0) is 22.3. The van der Waals surface area contributed by atoms with Gasteiger partial charge in [0.1, 0.15) is 10.8 Å². The number of hydrogen-bond acceptors (Lipinski definition) is 5. The van der Waals surface area contributed by atoms with Gasteiger partial charge in [-0.3, -0.25) is 4.79 Å². The van der Waals surface area contributed by atoms with Gasteiger partial charge < -0.3 is 10.6 Å². The summed E-state index contributed by atoms with van der Waals surface area (Å²) >= 11 is 1.53. The number of carbonyl (C=O) groups is 1. The number of rotatable bonds is 7. The average molecular weight is 441 g/mol. The van der Waals surface area contributed by atoms with Crippen LogP contribution in [-0.2, 0) is 5.75 Å². The molecule has 0 saturated carbocycles. The molecule has 4 rings (SSSR count). The van der Waals surface area contributed by atoms with Gasteiger partial charge in [0.25, 0.3) is 5.91 Å². The second kappa shape index (κ2) is 10.1. The van der Waals surface area contributed by atoms with Crippen molar-refractivity contribution in [1.29, 1.82) is 0 Å². The lowest BCUT2D eigenvalue weighted by Gasteiger charge is -2.11. The van der Waals surface area contributed by atoms with Gasteiger partial charge in [-0.05, 0) is 79.1 Å². The number of amides is 1. The highest BCUT2D eigenvalue weighted by atomic mass is 32.2. The van der Waals surface area contributed by atoms with Crippen molar-refractivity contribution in [2.45, 2.75) is 24.6 Å². The minimum atomic E-state index is -0.160. The molecule has 0 unspecified atom stereocenters. The van der Waals surface area contributed by atoms with E-state index in [1.807, 2.05) is 74.5 Å². The van der Waals surface area contributed by atoms with Crippen molar-refractivity contribution in [3.05, 3.63) is 107 Å². The topological polar surface area (TPSA) is 66.9 Å². The van der Waals surface area contributed by atoms with E-state index in [1.54, 1.807) is 18.5 Å². The predicted molar refractivity (Wildman–Crippen MR) is 132 cm³/mol. The van der Waals surface area contributed by atoms with Crippen molar-refractivity contribution in [2.24, 2.45) is 0 Å². The van der Waals surface area contributed by atoms with Gasteiger partial charge in [-0.15, -0.1) is 11.8 Å². The summed E-state index contributed by atoms with van der Waals surface area (Å²) in [5.41, 5.74) is 5.65. The fraction of sp³-hybridized carbons (Fsp3) is 0.115. The van der Waals surface area contributed by atoms with Crippen molar-refractivity contribution in [3.63, 3.8) is 0 Å². The van der Waals surface area contributed by atoms with Crippen LogP contribution < -0.4 is 10.6 Å². The fourth-order valence-corrected chi connectivity index (χ4v) is 4.31. The summed E-state index contributed by atoms with van der Waals surface area (Å²) < 4.78 is 0. The zero-order valence-corrected chi connectivity index (χ0v) is 18.8. The van der Waals surface area contributed by atoms with Crippen LogP contribution in [0, 0.1) is 13.8 Å². The van der Waals surface area contributed by atoms with Gasteiger partial charge in [-0.25, -0.2) is 9.97 Å². The van der Waals surface area contributed by atoms with E-state index in [0.717, 1.165) is 33.9 Å². The normalized spacial score (nSPS) is 10.6. The number of nitrogens with zero attached hydrogens (tertiary/aromatic N) is 2. The van der Waals surface area contributed by atoms with Crippen LogP contribution in [-0.4, -0.2) is 15.9 Å². The van der Waals surface area contributed by atoms with Gasteiger partial charge in [-0.1, -0.05) is 24.3 Å². The lowest BCUT2D eigenvalue weighted by Crippen LogP contribution is -2.14.